The minimum absolute atomic E-state index is 0.0562. The molecule has 0 spiro atoms. The van der Waals surface area contributed by atoms with Crippen molar-refractivity contribution in [2.24, 2.45) is 13.0 Å². The van der Waals surface area contributed by atoms with Gasteiger partial charge in [0.05, 0.1) is 33.3 Å². The molecular formula is C29H30N2O5. The number of methoxy groups -OCH3 is 3. The Balaban J connectivity index is 1.67. The number of nitrogens with zero attached hydrogens (tertiary/aromatic N) is 2. The normalized spacial score (nSPS) is 20.7. The van der Waals surface area contributed by atoms with Crippen LogP contribution in [0.4, 0.5) is 0 Å². The summed E-state index contributed by atoms with van der Waals surface area (Å²) in [7, 11) is 6.52. The van der Waals surface area contributed by atoms with Gasteiger partial charge in [0.2, 0.25) is 0 Å². The standard InChI is InChI=1S/C29H30N2O5/c1-30-23-8-6-5-7-21(23)26-27(29(33)36-4)22-15-24(28(26)30)31(17-19(22)11-14-25(32)35-3)16-18-9-12-20(34-2)13-10-18/h5-14,17,22,24,27H,15-16H2,1-4H3/b14-11+/t22-,24-,27-/m1/s1. The summed E-state index contributed by atoms with van der Waals surface area (Å²) in [5.74, 6) is -0.491. The minimum atomic E-state index is -0.468. The number of hydrogen-bond acceptors (Lipinski definition) is 6. The zero-order valence-electron chi connectivity index (χ0n) is 20.9. The van der Waals surface area contributed by atoms with Gasteiger partial charge in [-0.1, -0.05) is 36.4 Å². The van der Waals surface area contributed by atoms with Gasteiger partial charge in [0, 0.05) is 48.4 Å². The molecule has 0 amide bonds. The lowest BCUT2D eigenvalue weighted by Gasteiger charge is -2.45. The fourth-order valence-electron chi connectivity index (χ4n) is 5.77. The molecule has 3 atom stereocenters. The van der Waals surface area contributed by atoms with Gasteiger partial charge >= 0.3 is 11.9 Å². The SMILES string of the molecule is COC(=O)/C=C/C1=CN(Cc2ccc(OC)cc2)[C@@H]2C[C@H]1[C@@H](C(=O)OC)c1c2n(C)c2ccccc12. The summed E-state index contributed by atoms with van der Waals surface area (Å²) in [5, 5.41) is 1.06. The van der Waals surface area contributed by atoms with Crippen LogP contribution in [0.2, 0.25) is 0 Å². The van der Waals surface area contributed by atoms with E-state index >= 15 is 0 Å². The van der Waals surface area contributed by atoms with Gasteiger partial charge in [0.25, 0.3) is 0 Å². The van der Waals surface area contributed by atoms with Gasteiger partial charge in [0.1, 0.15) is 5.75 Å². The molecule has 2 heterocycles. The van der Waals surface area contributed by atoms with Crippen molar-refractivity contribution in [1.82, 2.24) is 9.47 Å². The van der Waals surface area contributed by atoms with Gasteiger partial charge in [0.15, 0.2) is 0 Å². The molecule has 2 bridgehead atoms. The first kappa shape index (κ1) is 23.7. The quantitative estimate of drug-likeness (QED) is 0.374. The van der Waals surface area contributed by atoms with Crippen LogP contribution in [0.1, 0.15) is 35.2 Å². The van der Waals surface area contributed by atoms with Crippen LogP contribution < -0.4 is 4.74 Å². The first-order valence-electron chi connectivity index (χ1n) is 12.0. The van der Waals surface area contributed by atoms with Gasteiger partial charge in [-0.05, 0) is 41.3 Å². The van der Waals surface area contributed by atoms with E-state index in [0.29, 0.717) is 6.54 Å². The summed E-state index contributed by atoms with van der Waals surface area (Å²) < 4.78 is 17.7. The summed E-state index contributed by atoms with van der Waals surface area (Å²) in [5.41, 5.74) is 5.26. The maximum absolute atomic E-state index is 13.3. The number of fused-ring (bicyclic) bond motifs is 6. The Bertz CT molecular complexity index is 1370. The molecule has 186 valence electrons. The zero-order valence-corrected chi connectivity index (χ0v) is 20.9. The van der Waals surface area contributed by atoms with Gasteiger partial charge in [-0.15, -0.1) is 0 Å². The Labute approximate surface area is 210 Å². The lowest BCUT2D eigenvalue weighted by molar-refractivity contribution is -0.144. The van der Waals surface area contributed by atoms with Crippen LogP contribution in [0.25, 0.3) is 10.9 Å². The number of para-hydroxylation sites is 1. The van der Waals surface area contributed by atoms with Crippen molar-refractivity contribution >= 4 is 22.8 Å². The fourth-order valence-corrected chi connectivity index (χ4v) is 5.77. The molecule has 3 aromatic rings. The van der Waals surface area contributed by atoms with Crippen LogP contribution in [0, 0.1) is 5.92 Å². The number of ether oxygens (including phenoxy) is 3. The van der Waals surface area contributed by atoms with Crippen LogP contribution in [0.15, 0.2) is 72.5 Å². The summed E-state index contributed by atoms with van der Waals surface area (Å²) in [6.45, 7) is 0.667. The highest BCUT2D eigenvalue weighted by Gasteiger charge is 2.47. The maximum atomic E-state index is 13.3. The number of allylic oxidation sites excluding steroid dienone is 2. The van der Waals surface area contributed by atoms with E-state index in [9.17, 15) is 9.59 Å². The summed E-state index contributed by atoms with van der Waals surface area (Å²) in [4.78, 5) is 27.5. The molecule has 0 unspecified atom stereocenters. The highest BCUT2D eigenvalue weighted by atomic mass is 16.5. The Kier molecular flexibility index (Phi) is 6.31. The molecule has 5 rings (SSSR count). The number of rotatable bonds is 6. The zero-order chi connectivity index (χ0) is 25.4. The Morgan fingerprint density at radius 2 is 1.78 bits per heavy atom. The monoisotopic (exact) mass is 486 g/mol. The molecule has 0 N–H and O–H groups in total. The van der Waals surface area contributed by atoms with Crippen molar-refractivity contribution < 1.29 is 23.8 Å². The van der Waals surface area contributed by atoms with E-state index in [1.54, 1.807) is 13.2 Å². The Morgan fingerprint density at radius 1 is 1.03 bits per heavy atom. The topological polar surface area (TPSA) is 70.0 Å². The molecule has 0 radical (unpaired) electrons. The van der Waals surface area contributed by atoms with Gasteiger partial charge in [-0.25, -0.2) is 4.79 Å². The largest absolute Gasteiger partial charge is 0.497 e. The molecule has 1 aromatic heterocycles. The molecule has 1 aliphatic heterocycles. The van der Waals surface area contributed by atoms with Crippen molar-refractivity contribution in [2.45, 2.75) is 24.9 Å². The van der Waals surface area contributed by atoms with Crippen LogP contribution in [-0.4, -0.2) is 42.7 Å². The molecule has 7 nitrogen and oxygen atoms in total. The Morgan fingerprint density at radius 3 is 2.47 bits per heavy atom. The summed E-state index contributed by atoms with van der Waals surface area (Å²) in [6.07, 6.45) is 6.01. The highest BCUT2D eigenvalue weighted by molar-refractivity contribution is 5.93. The Hall–Kier alpha value is -4.00. The van der Waals surface area contributed by atoms with Crippen molar-refractivity contribution in [3.63, 3.8) is 0 Å². The van der Waals surface area contributed by atoms with Crippen LogP contribution >= 0.6 is 0 Å². The number of benzene rings is 2. The van der Waals surface area contributed by atoms with Gasteiger partial charge < -0.3 is 23.7 Å². The highest BCUT2D eigenvalue weighted by Crippen LogP contribution is 2.53. The third kappa shape index (κ3) is 3.94. The smallest absolute Gasteiger partial charge is 0.330 e. The van der Waals surface area contributed by atoms with E-state index in [-0.39, 0.29) is 17.9 Å². The van der Waals surface area contributed by atoms with Crippen molar-refractivity contribution in [3.8, 4) is 5.75 Å². The molecule has 0 saturated heterocycles. The predicted octanol–water partition coefficient (Wildman–Crippen LogP) is 4.63. The van der Waals surface area contributed by atoms with Crippen LogP contribution in [0.3, 0.4) is 0 Å². The second-order valence-electron chi connectivity index (χ2n) is 9.24. The third-order valence-electron chi connectivity index (χ3n) is 7.43. The summed E-state index contributed by atoms with van der Waals surface area (Å²) in [6, 6.07) is 16.3. The van der Waals surface area contributed by atoms with Gasteiger partial charge in [-0.3, -0.25) is 4.79 Å². The van der Waals surface area contributed by atoms with Gasteiger partial charge in [-0.2, -0.15) is 0 Å². The number of aryl methyl sites for hydroxylation is 1. The lowest BCUT2D eigenvalue weighted by Crippen LogP contribution is -2.40. The van der Waals surface area contributed by atoms with E-state index in [1.807, 2.05) is 24.3 Å². The van der Waals surface area contributed by atoms with E-state index in [4.69, 9.17) is 14.2 Å². The summed E-state index contributed by atoms with van der Waals surface area (Å²) >= 11 is 0. The second-order valence-corrected chi connectivity index (χ2v) is 9.24. The molecule has 0 fully saturated rings. The molecule has 0 saturated carbocycles. The molecule has 2 aliphatic rings. The predicted molar refractivity (Wildman–Crippen MR) is 136 cm³/mol. The minimum Gasteiger partial charge on any atom is -0.497 e. The molecular weight excluding hydrogens is 456 g/mol. The molecule has 36 heavy (non-hydrogen) atoms. The maximum Gasteiger partial charge on any atom is 0.330 e. The van der Waals surface area contributed by atoms with Crippen molar-refractivity contribution in [2.75, 3.05) is 21.3 Å². The first-order chi connectivity index (χ1) is 17.5. The van der Waals surface area contributed by atoms with E-state index in [1.165, 1.54) is 20.3 Å². The number of carbonyl (C=O) groups is 2. The molecule has 1 aliphatic carbocycles. The van der Waals surface area contributed by atoms with Crippen molar-refractivity contribution in [3.05, 3.63) is 89.3 Å². The van der Waals surface area contributed by atoms with E-state index < -0.39 is 11.9 Å². The van der Waals surface area contributed by atoms with Crippen LogP contribution in [-0.2, 0) is 32.7 Å². The molecule has 7 heteroatoms. The second kappa shape index (κ2) is 9.57. The third-order valence-corrected chi connectivity index (χ3v) is 7.43. The number of esters is 2. The number of aromatic nitrogens is 1. The van der Waals surface area contributed by atoms with Crippen molar-refractivity contribution in [1.29, 1.82) is 0 Å². The number of carbonyl (C=O) groups excluding carboxylic acids is 2. The average Bonchev–Trinajstić information content (AvgIpc) is 3.21. The lowest BCUT2D eigenvalue weighted by atomic mass is 9.69. The first-order valence-corrected chi connectivity index (χ1v) is 12.0. The van der Waals surface area contributed by atoms with Crippen LogP contribution in [0.5, 0.6) is 5.75 Å². The van der Waals surface area contributed by atoms with E-state index in [0.717, 1.165) is 45.5 Å². The van der Waals surface area contributed by atoms with E-state index in [2.05, 4.69) is 47.0 Å². The number of hydrogen-bond donors (Lipinski definition) is 0. The fraction of sp³-hybridized carbons (Fsp3) is 0.310. The molecule has 2 aromatic carbocycles. The average molecular weight is 487 g/mol.